The Hall–Kier alpha value is -1.08. The first-order valence-electron chi connectivity index (χ1n) is 6.45. The van der Waals surface area contributed by atoms with Crippen molar-refractivity contribution in [3.63, 3.8) is 0 Å². The number of hydrogen-bond donors (Lipinski definition) is 2. The molecule has 130 valence electrons. The van der Waals surface area contributed by atoms with Gasteiger partial charge in [0, 0.05) is 0 Å². The molecule has 0 aliphatic heterocycles. The van der Waals surface area contributed by atoms with Gasteiger partial charge >= 0.3 is 49.8 Å². The third-order valence-corrected chi connectivity index (χ3v) is 5.51. The van der Waals surface area contributed by atoms with Gasteiger partial charge in [0.1, 0.15) is 9.79 Å². The number of benzene rings is 2. The summed E-state index contributed by atoms with van der Waals surface area (Å²) in [6.45, 7) is 0. The molecule has 4 N–H and O–H groups in total. The number of rotatable bonds is 6. The van der Waals surface area contributed by atoms with Crippen molar-refractivity contribution in [1.29, 1.82) is 0 Å². The SMILES string of the molecule is NOS(=O)(=O)c1cccc(C=Cc2ccccc2)c1S(=O)(=O)ON.[NaH]. The summed E-state index contributed by atoms with van der Waals surface area (Å²) >= 11 is 0. The zero-order valence-corrected chi connectivity index (χ0v) is 13.8. The van der Waals surface area contributed by atoms with Crippen molar-refractivity contribution in [2.45, 2.75) is 9.79 Å². The summed E-state index contributed by atoms with van der Waals surface area (Å²) in [5, 5.41) is 0. The molecule has 2 aromatic rings. The van der Waals surface area contributed by atoms with Gasteiger partial charge in [-0.3, -0.25) is 0 Å². The molecule has 0 saturated carbocycles. The number of hydrogen-bond acceptors (Lipinski definition) is 8. The second-order valence-corrected chi connectivity index (χ2v) is 7.57. The van der Waals surface area contributed by atoms with E-state index in [0.29, 0.717) is 0 Å². The zero-order chi connectivity index (χ0) is 17.8. The van der Waals surface area contributed by atoms with E-state index in [1.54, 1.807) is 30.3 Å². The molecular formula is C14H15N2NaO6S2. The summed E-state index contributed by atoms with van der Waals surface area (Å²) in [6, 6.07) is 12.7. The predicted molar refractivity (Wildman–Crippen MR) is 93.9 cm³/mol. The van der Waals surface area contributed by atoms with Gasteiger partial charge in [-0.1, -0.05) is 54.6 Å². The molecule has 0 aliphatic carbocycles. The molecule has 0 bridgehead atoms. The first-order valence-corrected chi connectivity index (χ1v) is 9.26. The van der Waals surface area contributed by atoms with Crippen LogP contribution in [0.1, 0.15) is 11.1 Å². The third-order valence-electron chi connectivity index (χ3n) is 3.04. The van der Waals surface area contributed by atoms with E-state index in [9.17, 15) is 16.8 Å². The summed E-state index contributed by atoms with van der Waals surface area (Å²) in [5.41, 5.74) is 0.820. The second kappa shape index (κ2) is 9.03. The fourth-order valence-electron chi connectivity index (χ4n) is 1.98. The quantitative estimate of drug-likeness (QED) is 0.407. The van der Waals surface area contributed by atoms with Crippen LogP contribution in [0.25, 0.3) is 12.2 Å². The van der Waals surface area contributed by atoms with Crippen molar-refractivity contribution in [2.24, 2.45) is 11.8 Å². The summed E-state index contributed by atoms with van der Waals surface area (Å²) in [4.78, 5) is -1.34. The Balaban J connectivity index is 0.00000312. The van der Waals surface area contributed by atoms with E-state index < -0.39 is 30.0 Å². The molecule has 0 unspecified atom stereocenters. The maximum absolute atomic E-state index is 12.1. The topological polar surface area (TPSA) is 139 Å². The summed E-state index contributed by atoms with van der Waals surface area (Å²) < 4.78 is 55.8. The van der Waals surface area contributed by atoms with Crippen LogP contribution in [0.3, 0.4) is 0 Å². The molecule has 0 saturated heterocycles. The minimum absolute atomic E-state index is 0. The molecule has 0 spiro atoms. The summed E-state index contributed by atoms with van der Waals surface area (Å²) in [6.07, 6.45) is 3.02. The first kappa shape index (κ1) is 22.0. The Morgan fingerprint density at radius 1 is 0.760 bits per heavy atom. The van der Waals surface area contributed by atoms with E-state index in [1.165, 1.54) is 18.2 Å². The summed E-state index contributed by atoms with van der Waals surface area (Å²) in [5.74, 6) is 9.52. The average Bonchev–Trinajstić information content (AvgIpc) is 2.60. The van der Waals surface area contributed by atoms with Crippen LogP contribution in [0, 0.1) is 0 Å². The molecule has 0 heterocycles. The molecular weight excluding hydrogens is 379 g/mol. The Kier molecular flexibility index (Phi) is 7.93. The fourth-order valence-corrected chi connectivity index (χ4v) is 4.12. The molecule has 25 heavy (non-hydrogen) atoms. The van der Waals surface area contributed by atoms with Gasteiger partial charge in [-0.25, -0.2) is 0 Å². The number of nitrogens with two attached hydrogens (primary N) is 2. The molecule has 0 atom stereocenters. The van der Waals surface area contributed by atoms with E-state index in [2.05, 4.69) is 8.57 Å². The van der Waals surface area contributed by atoms with Gasteiger partial charge in [0.2, 0.25) is 0 Å². The van der Waals surface area contributed by atoms with Crippen molar-refractivity contribution in [2.75, 3.05) is 0 Å². The molecule has 2 rings (SSSR count). The van der Waals surface area contributed by atoms with E-state index in [-0.39, 0.29) is 35.1 Å². The predicted octanol–water partition coefficient (Wildman–Crippen LogP) is 0.367. The van der Waals surface area contributed by atoms with Gasteiger partial charge in [-0.2, -0.15) is 37.2 Å². The van der Waals surface area contributed by atoms with E-state index in [0.717, 1.165) is 11.6 Å². The average molecular weight is 394 g/mol. The normalized spacial score (nSPS) is 12.1. The standard InChI is InChI=1S/C14H14N2O6S2.Na.H/c15-21-23(17,18)13-8-4-7-12(14(13)24(19,20)22-16)10-9-11-5-2-1-3-6-11;;/h1-10H,15-16H2;;. The van der Waals surface area contributed by atoms with Crippen LogP contribution in [0.5, 0.6) is 0 Å². The molecule has 0 amide bonds. The van der Waals surface area contributed by atoms with Crippen LogP contribution in [0.4, 0.5) is 0 Å². The van der Waals surface area contributed by atoms with Gasteiger partial charge in [0.25, 0.3) is 0 Å². The van der Waals surface area contributed by atoms with Gasteiger partial charge in [-0.05, 0) is 17.2 Å². The molecule has 2 aromatic carbocycles. The Bertz CT molecular complexity index is 960. The molecule has 0 fully saturated rings. The van der Waals surface area contributed by atoms with Crippen molar-refractivity contribution >= 4 is 61.9 Å². The van der Waals surface area contributed by atoms with Crippen LogP contribution in [0.2, 0.25) is 0 Å². The molecule has 8 nitrogen and oxygen atoms in total. The first-order chi connectivity index (χ1) is 11.3. The minimum atomic E-state index is -4.55. The Labute approximate surface area is 167 Å². The van der Waals surface area contributed by atoms with Crippen LogP contribution in [-0.2, 0) is 28.8 Å². The fraction of sp³-hybridized carbons (Fsp3) is 0. The van der Waals surface area contributed by atoms with Crippen LogP contribution >= 0.6 is 0 Å². The Morgan fingerprint density at radius 3 is 1.92 bits per heavy atom. The van der Waals surface area contributed by atoms with E-state index in [1.807, 2.05) is 6.07 Å². The van der Waals surface area contributed by atoms with Crippen molar-refractivity contribution in [3.8, 4) is 0 Å². The molecule has 0 aromatic heterocycles. The third kappa shape index (κ3) is 5.20. The van der Waals surface area contributed by atoms with Crippen LogP contribution in [-0.4, -0.2) is 46.4 Å². The van der Waals surface area contributed by atoms with E-state index in [4.69, 9.17) is 11.8 Å². The van der Waals surface area contributed by atoms with Gasteiger partial charge in [0.05, 0.1) is 0 Å². The summed E-state index contributed by atoms with van der Waals surface area (Å²) in [7, 11) is -9.04. The van der Waals surface area contributed by atoms with Crippen LogP contribution < -0.4 is 11.8 Å². The monoisotopic (exact) mass is 394 g/mol. The molecule has 0 radical (unpaired) electrons. The van der Waals surface area contributed by atoms with Gasteiger partial charge < -0.3 is 0 Å². The van der Waals surface area contributed by atoms with E-state index >= 15 is 0 Å². The van der Waals surface area contributed by atoms with Crippen molar-refractivity contribution in [3.05, 3.63) is 59.7 Å². The van der Waals surface area contributed by atoms with Gasteiger partial charge in [0.15, 0.2) is 0 Å². The Morgan fingerprint density at radius 2 is 1.36 bits per heavy atom. The van der Waals surface area contributed by atoms with Crippen molar-refractivity contribution < 1.29 is 25.4 Å². The maximum atomic E-state index is 12.1. The second-order valence-electron chi connectivity index (χ2n) is 4.52. The zero-order valence-electron chi connectivity index (χ0n) is 12.2. The van der Waals surface area contributed by atoms with Crippen molar-refractivity contribution in [1.82, 2.24) is 0 Å². The van der Waals surface area contributed by atoms with Gasteiger partial charge in [-0.15, -0.1) is 0 Å². The molecule has 0 aliphatic rings. The molecule has 11 heteroatoms. The van der Waals surface area contributed by atoms with Crippen LogP contribution in [0.15, 0.2) is 58.3 Å².